The average molecular weight is 507 g/mol. The van der Waals surface area contributed by atoms with E-state index in [1.54, 1.807) is 6.07 Å². The van der Waals surface area contributed by atoms with Gasteiger partial charge in [-0.05, 0) is 49.4 Å². The zero-order valence-corrected chi connectivity index (χ0v) is 20.2. The van der Waals surface area contributed by atoms with Crippen LogP contribution in [0.2, 0.25) is 0 Å². The van der Waals surface area contributed by atoms with Gasteiger partial charge in [0.05, 0.1) is 17.3 Å². The lowest BCUT2D eigenvalue weighted by molar-refractivity contribution is -0.139. The smallest absolute Gasteiger partial charge is 0.416 e. The van der Waals surface area contributed by atoms with Gasteiger partial charge in [-0.1, -0.05) is 26.0 Å². The highest BCUT2D eigenvalue weighted by atomic mass is 32.1. The maximum Gasteiger partial charge on any atom is 0.416 e. The molecule has 6 nitrogen and oxygen atoms in total. The van der Waals surface area contributed by atoms with Crippen molar-refractivity contribution in [2.24, 2.45) is 0 Å². The van der Waals surface area contributed by atoms with Crippen LogP contribution in [-0.2, 0) is 17.4 Å². The molecule has 1 atom stereocenters. The van der Waals surface area contributed by atoms with Crippen molar-refractivity contribution in [2.45, 2.75) is 51.7 Å². The first-order valence-electron chi connectivity index (χ1n) is 11.1. The van der Waals surface area contributed by atoms with Crippen LogP contribution in [0.5, 0.6) is 11.5 Å². The zero-order chi connectivity index (χ0) is 25.3. The van der Waals surface area contributed by atoms with Crippen LogP contribution >= 0.6 is 11.3 Å². The van der Waals surface area contributed by atoms with E-state index >= 15 is 0 Å². The van der Waals surface area contributed by atoms with Crippen LogP contribution in [0.25, 0.3) is 10.6 Å². The van der Waals surface area contributed by atoms with Gasteiger partial charge in [0.25, 0.3) is 0 Å². The normalized spacial score (nSPS) is 15.2. The fourth-order valence-corrected chi connectivity index (χ4v) is 5.19. The van der Waals surface area contributed by atoms with E-state index in [0.717, 1.165) is 40.3 Å². The highest BCUT2D eigenvalue weighted by molar-refractivity contribution is 7.15. The number of fused-ring (bicyclic) bond motifs is 1. The molecule has 0 saturated carbocycles. The third-order valence-corrected chi connectivity index (χ3v) is 6.92. The summed E-state index contributed by atoms with van der Waals surface area (Å²) in [5.41, 5.74) is 5.72. The van der Waals surface area contributed by atoms with E-state index in [1.807, 2.05) is 26.8 Å². The first-order valence-corrected chi connectivity index (χ1v) is 11.9. The molecule has 3 aromatic rings. The summed E-state index contributed by atoms with van der Waals surface area (Å²) in [6, 6.07) is 8.64. The number of hydrogen-bond donors (Lipinski definition) is 2. The van der Waals surface area contributed by atoms with Crippen LogP contribution in [0.1, 0.15) is 59.5 Å². The predicted octanol–water partition coefficient (Wildman–Crippen LogP) is 6.30. The quantitative estimate of drug-likeness (QED) is 0.374. The van der Waals surface area contributed by atoms with E-state index in [9.17, 15) is 18.0 Å². The molecule has 0 bridgehead atoms. The number of nitrogens with zero attached hydrogens (tertiary/aromatic N) is 1. The number of rotatable bonds is 8. The summed E-state index contributed by atoms with van der Waals surface area (Å²) in [5, 5.41) is 9.54. The molecule has 0 spiro atoms. The van der Waals surface area contributed by atoms with Gasteiger partial charge in [0.2, 0.25) is 0 Å². The number of carboxylic acids is 1. The molecule has 1 aliphatic rings. The first kappa shape index (κ1) is 25.0. The second-order valence-corrected chi connectivity index (χ2v) is 9.79. The molecule has 1 aliphatic heterocycles. The number of aliphatic carboxylic acids is 1. The Morgan fingerprint density at radius 1 is 1.26 bits per heavy atom. The molecule has 2 heterocycles. The molecule has 0 fully saturated rings. The van der Waals surface area contributed by atoms with Gasteiger partial charge in [-0.2, -0.15) is 13.2 Å². The highest BCUT2D eigenvalue weighted by Gasteiger charge is 2.30. The Morgan fingerprint density at radius 3 is 2.60 bits per heavy atom. The second-order valence-electron chi connectivity index (χ2n) is 8.71. The third kappa shape index (κ3) is 5.59. The van der Waals surface area contributed by atoms with Crippen molar-refractivity contribution in [1.29, 1.82) is 0 Å². The standard InChI is InChI=1S/C25H25F3N2O4S/c1-13(2)23-21(35-24(29-23)15-4-6-16(7-5-15)25(26,27)28)9-8-18-17-10-14(3)19(33-12-22(31)32)11-20(17)34-30-18/h4-7,10-11,13,18,30H,8-9,12H2,1-3H3,(H,31,32). The first-order chi connectivity index (χ1) is 16.5. The van der Waals surface area contributed by atoms with Gasteiger partial charge in [0.1, 0.15) is 10.8 Å². The van der Waals surface area contributed by atoms with E-state index in [0.29, 0.717) is 28.5 Å². The van der Waals surface area contributed by atoms with Crippen molar-refractivity contribution in [3.05, 3.63) is 63.7 Å². The fraction of sp³-hybridized carbons (Fsp3) is 0.360. The lowest BCUT2D eigenvalue weighted by Crippen LogP contribution is -2.17. The summed E-state index contributed by atoms with van der Waals surface area (Å²) in [6.45, 7) is 5.51. The molecule has 186 valence electrons. The number of aryl methyl sites for hydroxylation is 2. The van der Waals surface area contributed by atoms with Gasteiger partial charge in [0.15, 0.2) is 12.4 Å². The Kier molecular flexibility index (Phi) is 7.05. The van der Waals surface area contributed by atoms with Gasteiger partial charge in [0, 0.05) is 22.1 Å². The molecule has 0 saturated heterocycles. The Hall–Kier alpha value is -3.11. The number of carbonyl (C=O) groups is 1. The van der Waals surface area contributed by atoms with Gasteiger partial charge in [-0.3, -0.25) is 0 Å². The summed E-state index contributed by atoms with van der Waals surface area (Å²) in [5.74, 6) is 0.169. The number of nitrogens with one attached hydrogen (secondary N) is 1. The molecule has 0 radical (unpaired) electrons. The van der Waals surface area contributed by atoms with Crippen molar-refractivity contribution in [1.82, 2.24) is 10.5 Å². The number of hydroxylamine groups is 1. The predicted molar refractivity (Wildman–Crippen MR) is 126 cm³/mol. The molecule has 2 aromatic carbocycles. The number of halogens is 3. The van der Waals surface area contributed by atoms with E-state index in [2.05, 4.69) is 5.48 Å². The van der Waals surface area contributed by atoms with Crippen molar-refractivity contribution in [3.63, 3.8) is 0 Å². The Labute approximate surface area is 204 Å². The van der Waals surface area contributed by atoms with Crippen molar-refractivity contribution in [2.75, 3.05) is 6.61 Å². The third-order valence-electron chi connectivity index (χ3n) is 5.74. The largest absolute Gasteiger partial charge is 0.481 e. The zero-order valence-electron chi connectivity index (χ0n) is 19.4. The van der Waals surface area contributed by atoms with Crippen molar-refractivity contribution in [3.8, 4) is 22.1 Å². The monoisotopic (exact) mass is 506 g/mol. The van der Waals surface area contributed by atoms with Crippen molar-refractivity contribution >= 4 is 17.3 Å². The summed E-state index contributed by atoms with van der Waals surface area (Å²) in [4.78, 5) is 22.2. The van der Waals surface area contributed by atoms with Gasteiger partial charge in [-0.15, -0.1) is 16.8 Å². The summed E-state index contributed by atoms with van der Waals surface area (Å²) >= 11 is 1.50. The van der Waals surface area contributed by atoms with Gasteiger partial charge < -0.3 is 14.7 Å². The van der Waals surface area contributed by atoms with Crippen LogP contribution in [0.4, 0.5) is 13.2 Å². The van der Waals surface area contributed by atoms with Gasteiger partial charge >= 0.3 is 12.1 Å². The minimum atomic E-state index is -4.37. The molecule has 0 aliphatic carbocycles. The van der Waals surface area contributed by atoms with E-state index < -0.39 is 24.3 Å². The number of hydrogen-bond acceptors (Lipinski definition) is 6. The number of alkyl halides is 3. The molecule has 4 rings (SSSR count). The Balaban J connectivity index is 1.50. The van der Waals surface area contributed by atoms with Crippen LogP contribution in [0.3, 0.4) is 0 Å². The lowest BCUT2D eigenvalue weighted by atomic mass is 9.98. The summed E-state index contributed by atoms with van der Waals surface area (Å²) in [7, 11) is 0. The minimum absolute atomic E-state index is 0.0751. The second kappa shape index (κ2) is 9.87. The molecule has 0 amide bonds. The van der Waals surface area contributed by atoms with E-state index in [4.69, 9.17) is 19.7 Å². The van der Waals surface area contributed by atoms with Crippen LogP contribution < -0.4 is 15.1 Å². The lowest BCUT2D eigenvalue weighted by Gasteiger charge is -2.12. The van der Waals surface area contributed by atoms with E-state index in [1.165, 1.54) is 23.5 Å². The molecule has 2 N–H and O–H groups in total. The minimum Gasteiger partial charge on any atom is -0.481 e. The number of ether oxygens (including phenoxy) is 1. The maximum atomic E-state index is 12.9. The molecule has 1 unspecified atom stereocenters. The fourth-order valence-electron chi connectivity index (χ4n) is 3.95. The molecule has 10 heteroatoms. The van der Waals surface area contributed by atoms with Crippen molar-refractivity contribution < 1.29 is 32.6 Å². The van der Waals surface area contributed by atoms with Crippen LogP contribution in [0, 0.1) is 6.92 Å². The molecular formula is C25H25F3N2O4S. The summed E-state index contributed by atoms with van der Waals surface area (Å²) < 4.78 is 44.0. The molecule has 1 aromatic heterocycles. The number of aromatic nitrogens is 1. The average Bonchev–Trinajstić information content (AvgIpc) is 3.39. The highest BCUT2D eigenvalue weighted by Crippen LogP contribution is 2.40. The topological polar surface area (TPSA) is 80.7 Å². The molecular weight excluding hydrogens is 481 g/mol. The Morgan fingerprint density at radius 2 is 1.97 bits per heavy atom. The molecule has 35 heavy (non-hydrogen) atoms. The SMILES string of the molecule is Cc1cc2c(cc1OCC(=O)O)ONC2CCc1sc(-c2ccc(C(F)(F)F)cc2)nc1C(C)C. The van der Waals surface area contributed by atoms with E-state index in [-0.39, 0.29) is 12.0 Å². The number of benzene rings is 2. The maximum absolute atomic E-state index is 12.9. The number of thiazole rings is 1. The Bertz CT molecular complexity index is 1220. The van der Waals surface area contributed by atoms with Crippen LogP contribution in [-0.4, -0.2) is 22.7 Å². The number of carboxylic acid groups (broad SMARTS) is 1. The summed E-state index contributed by atoms with van der Waals surface area (Å²) in [6.07, 6.45) is -2.94. The van der Waals surface area contributed by atoms with Crippen LogP contribution in [0.15, 0.2) is 36.4 Å². The van der Waals surface area contributed by atoms with Gasteiger partial charge in [-0.25, -0.2) is 9.78 Å².